The van der Waals surface area contributed by atoms with E-state index in [4.69, 9.17) is 0 Å². The molecule has 0 fully saturated rings. The largest absolute Gasteiger partial charge is 0.361 e. The van der Waals surface area contributed by atoms with Crippen LogP contribution in [0.4, 0.5) is 0 Å². The topological polar surface area (TPSA) is 39.6 Å². The number of H-pyrrole nitrogens is 1. The Morgan fingerprint density at radius 2 is 1.89 bits per heavy atom. The molecule has 3 rings (SSSR count). The number of allylic oxidation sites excluding steroid dienone is 1. The minimum Gasteiger partial charge on any atom is -0.361 e. The zero-order valence-corrected chi connectivity index (χ0v) is 10.3. The molecule has 0 saturated carbocycles. The number of hydrogen-bond donors (Lipinski definition) is 1. The van der Waals surface area contributed by atoms with Crippen LogP contribution < -0.4 is 0 Å². The van der Waals surface area contributed by atoms with Crippen LogP contribution in [0.5, 0.6) is 0 Å². The Morgan fingerprint density at radius 1 is 1.05 bits per heavy atom. The van der Waals surface area contributed by atoms with Gasteiger partial charge in [-0.2, -0.15) is 5.26 Å². The molecule has 0 radical (unpaired) electrons. The molecule has 19 heavy (non-hydrogen) atoms. The Morgan fingerprint density at radius 3 is 2.68 bits per heavy atom. The molecule has 0 aliphatic carbocycles. The van der Waals surface area contributed by atoms with Crippen LogP contribution in [0.1, 0.15) is 11.1 Å². The Hall–Kier alpha value is -2.79. The fraction of sp³-hybridized carbons (Fsp3) is 0. The highest BCUT2D eigenvalue weighted by molar-refractivity contribution is 5.91. The molecule has 0 aliphatic rings. The average Bonchev–Trinajstić information content (AvgIpc) is 2.93. The van der Waals surface area contributed by atoms with Crippen molar-refractivity contribution in [2.75, 3.05) is 0 Å². The van der Waals surface area contributed by atoms with Crippen molar-refractivity contribution in [2.24, 2.45) is 0 Å². The summed E-state index contributed by atoms with van der Waals surface area (Å²) in [6, 6.07) is 20.1. The second kappa shape index (κ2) is 4.83. The van der Waals surface area contributed by atoms with Crippen LogP contribution >= 0.6 is 0 Å². The first-order chi connectivity index (χ1) is 9.36. The van der Waals surface area contributed by atoms with E-state index in [9.17, 15) is 5.26 Å². The van der Waals surface area contributed by atoms with Gasteiger partial charge in [0.05, 0.1) is 11.6 Å². The maximum Gasteiger partial charge on any atom is 0.0998 e. The average molecular weight is 244 g/mol. The highest BCUT2D eigenvalue weighted by Crippen LogP contribution is 2.20. The second-order valence-corrected chi connectivity index (χ2v) is 4.36. The molecule has 0 saturated heterocycles. The maximum absolute atomic E-state index is 9.29. The number of aromatic amines is 1. The van der Waals surface area contributed by atoms with Crippen LogP contribution in [-0.4, -0.2) is 4.98 Å². The number of rotatable bonds is 2. The summed E-state index contributed by atoms with van der Waals surface area (Å²) in [6.45, 7) is 0. The molecule has 2 nitrogen and oxygen atoms in total. The molecule has 2 heteroatoms. The molecule has 0 bridgehead atoms. The van der Waals surface area contributed by atoms with Gasteiger partial charge >= 0.3 is 0 Å². The summed E-state index contributed by atoms with van der Waals surface area (Å²) in [5.41, 5.74) is 3.76. The molecule has 3 aromatic rings. The van der Waals surface area contributed by atoms with Gasteiger partial charge in [0.15, 0.2) is 0 Å². The normalized spacial score (nSPS) is 11.4. The van der Waals surface area contributed by atoms with Gasteiger partial charge in [-0.25, -0.2) is 0 Å². The lowest BCUT2D eigenvalue weighted by molar-refractivity contribution is 1.48. The van der Waals surface area contributed by atoms with E-state index in [1.165, 1.54) is 0 Å². The molecule has 0 aliphatic heterocycles. The van der Waals surface area contributed by atoms with Crippen LogP contribution in [0.2, 0.25) is 0 Å². The first-order valence-corrected chi connectivity index (χ1v) is 6.11. The number of nitriles is 1. The van der Waals surface area contributed by atoms with Gasteiger partial charge in [-0.05, 0) is 40.8 Å². The van der Waals surface area contributed by atoms with Crippen LogP contribution in [0.15, 0.2) is 60.8 Å². The van der Waals surface area contributed by atoms with Crippen LogP contribution in [-0.2, 0) is 0 Å². The lowest BCUT2D eigenvalue weighted by Crippen LogP contribution is -1.81. The quantitative estimate of drug-likeness (QED) is 0.531. The number of benzene rings is 2. The molecule has 0 unspecified atom stereocenters. The lowest BCUT2D eigenvalue weighted by Gasteiger charge is -2.00. The molecule has 1 heterocycles. The van der Waals surface area contributed by atoms with Gasteiger partial charge in [-0.15, -0.1) is 0 Å². The predicted molar refractivity (Wildman–Crippen MR) is 78.2 cm³/mol. The van der Waals surface area contributed by atoms with E-state index >= 15 is 0 Å². The third kappa shape index (κ3) is 2.27. The molecular weight excluding hydrogens is 232 g/mol. The van der Waals surface area contributed by atoms with Gasteiger partial charge in [0.2, 0.25) is 0 Å². The zero-order valence-electron chi connectivity index (χ0n) is 10.3. The van der Waals surface area contributed by atoms with E-state index < -0.39 is 0 Å². The van der Waals surface area contributed by atoms with Gasteiger partial charge in [0, 0.05) is 11.7 Å². The molecule has 0 amide bonds. The minimum atomic E-state index is 0.676. The molecule has 0 atom stereocenters. The van der Waals surface area contributed by atoms with E-state index in [2.05, 4.69) is 17.1 Å². The Bertz CT molecular complexity index is 774. The minimum absolute atomic E-state index is 0.676. The Balaban J connectivity index is 2.05. The van der Waals surface area contributed by atoms with Gasteiger partial charge < -0.3 is 4.98 Å². The highest BCUT2D eigenvalue weighted by Gasteiger charge is 2.01. The van der Waals surface area contributed by atoms with E-state index in [1.807, 2.05) is 60.8 Å². The summed E-state index contributed by atoms with van der Waals surface area (Å²) in [4.78, 5) is 3.16. The van der Waals surface area contributed by atoms with E-state index in [0.717, 1.165) is 22.0 Å². The second-order valence-electron chi connectivity index (χ2n) is 4.36. The summed E-state index contributed by atoms with van der Waals surface area (Å²) in [5, 5.41) is 10.4. The zero-order chi connectivity index (χ0) is 13.1. The first kappa shape index (κ1) is 11.3. The molecule has 1 N–H and O–H groups in total. The summed E-state index contributed by atoms with van der Waals surface area (Å²) in [5.74, 6) is 0. The van der Waals surface area contributed by atoms with E-state index in [-0.39, 0.29) is 0 Å². The Labute approximate surface area is 111 Å². The standard InChI is InChI=1S/C17H12N2/c18-12-16(14-4-2-1-3-5-14)11-13-6-7-17-15(10-13)8-9-19-17/h1-11,19H/b16-11-. The number of fused-ring (bicyclic) bond motifs is 1. The van der Waals surface area contributed by atoms with Crippen molar-refractivity contribution in [1.29, 1.82) is 5.26 Å². The van der Waals surface area contributed by atoms with Gasteiger partial charge in [0.25, 0.3) is 0 Å². The summed E-state index contributed by atoms with van der Waals surface area (Å²) >= 11 is 0. The lowest BCUT2D eigenvalue weighted by atomic mass is 10.0. The van der Waals surface area contributed by atoms with Crippen molar-refractivity contribution >= 4 is 22.6 Å². The van der Waals surface area contributed by atoms with Crippen molar-refractivity contribution in [2.45, 2.75) is 0 Å². The molecular formula is C17H12N2. The van der Waals surface area contributed by atoms with Crippen LogP contribution in [0.3, 0.4) is 0 Å². The molecule has 2 aromatic carbocycles. The summed E-state index contributed by atoms with van der Waals surface area (Å²) in [7, 11) is 0. The number of aromatic nitrogens is 1. The van der Waals surface area contributed by atoms with Crippen LogP contribution in [0.25, 0.3) is 22.6 Å². The van der Waals surface area contributed by atoms with Gasteiger partial charge in [0.1, 0.15) is 0 Å². The number of nitrogens with one attached hydrogen (secondary N) is 1. The molecule has 1 aromatic heterocycles. The molecule has 0 spiro atoms. The Kier molecular flexibility index (Phi) is 2.88. The van der Waals surface area contributed by atoms with Crippen molar-refractivity contribution in [3.63, 3.8) is 0 Å². The van der Waals surface area contributed by atoms with Gasteiger partial charge in [-0.3, -0.25) is 0 Å². The van der Waals surface area contributed by atoms with E-state index in [0.29, 0.717) is 5.57 Å². The fourth-order valence-corrected chi connectivity index (χ4v) is 2.13. The van der Waals surface area contributed by atoms with Crippen LogP contribution in [0, 0.1) is 11.3 Å². The first-order valence-electron chi connectivity index (χ1n) is 6.11. The number of hydrogen-bond acceptors (Lipinski definition) is 1. The van der Waals surface area contributed by atoms with Crippen molar-refractivity contribution in [3.05, 3.63) is 71.9 Å². The van der Waals surface area contributed by atoms with Crippen molar-refractivity contribution < 1.29 is 0 Å². The van der Waals surface area contributed by atoms with E-state index in [1.54, 1.807) is 0 Å². The summed E-state index contributed by atoms with van der Waals surface area (Å²) < 4.78 is 0. The smallest absolute Gasteiger partial charge is 0.0998 e. The monoisotopic (exact) mass is 244 g/mol. The fourth-order valence-electron chi connectivity index (χ4n) is 2.13. The van der Waals surface area contributed by atoms with Gasteiger partial charge in [-0.1, -0.05) is 36.4 Å². The highest BCUT2D eigenvalue weighted by atomic mass is 14.7. The summed E-state index contributed by atoms with van der Waals surface area (Å²) in [6.07, 6.45) is 3.84. The third-order valence-electron chi connectivity index (χ3n) is 3.09. The predicted octanol–water partition coefficient (Wildman–Crippen LogP) is 4.23. The van der Waals surface area contributed by atoms with Crippen molar-refractivity contribution in [3.8, 4) is 6.07 Å². The van der Waals surface area contributed by atoms with Crippen molar-refractivity contribution in [1.82, 2.24) is 4.98 Å². The molecule has 90 valence electrons. The number of nitrogens with zero attached hydrogens (tertiary/aromatic N) is 1. The third-order valence-corrected chi connectivity index (χ3v) is 3.09. The SMILES string of the molecule is N#C/C(=C/c1ccc2[nH]ccc2c1)c1ccccc1. The maximum atomic E-state index is 9.29.